The zero-order valence-electron chi connectivity index (χ0n) is 13.1. The Hall–Kier alpha value is -1.32. The minimum absolute atomic E-state index is 0.320. The van der Waals surface area contributed by atoms with Crippen LogP contribution >= 0.6 is 11.8 Å². The molecule has 0 bridgehead atoms. The maximum absolute atomic E-state index is 4.58. The van der Waals surface area contributed by atoms with Crippen LogP contribution in [0, 0.1) is 6.92 Å². The molecule has 0 aliphatic heterocycles. The van der Waals surface area contributed by atoms with Crippen molar-refractivity contribution in [3.8, 4) is 0 Å². The van der Waals surface area contributed by atoms with E-state index in [1.807, 2.05) is 18.0 Å². The zero-order chi connectivity index (χ0) is 15.1. The van der Waals surface area contributed by atoms with E-state index in [1.54, 1.807) is 0 Å². The topological polar surface area (TPSA) is 24.9 Å². The van der Waals surface area contributed by atoms with E-state index in [4.69, 9.17) is 0 Å². The van der Waals surface area contributed by atoms with E-state index in [0.717, 1.165) is 24.4 Å². The van der Waals surface area contributed by atoms with E-state index in [1.165, 1.54) is 16.0 Å². The second-order valence-corrected chi connectivity index (χ2v) is 6.36. The average molecular weight is 300 g/mol. The third-order valence-corrected chi connectivity index (χ3v) is 4.59. The maximum atomic E-state index is 4.58. The number of rotatable bonds is 7. The first-order valence-electron chi connectivity index (χ1n) is 7.57. The highest BCUT2D eigenvalue weighted by Gasteiger charge is 2.06. The maximum Gasteiger partial charge on any atom is 0.0571 e. The molecule has 0 aliphatic carbocycles. The number of aromatic nitrogens is 1. The molecule has 3 heteroatoms. The summed E-state index contributed by atoms with van der Waals surface area (Å²) < 4.78 is 0. The number of thioether (sulfide) groups is 1. The summed E-state index contributed by atoms with van der Waals surface area (Å²) in [7, 11) is 0. The molecule has 1 unspecified atom stereocenters. The average Bonchev–Trinajstić information content (AvgIpc) is 2.52. The molecule has 2 aromatic rings. The molecule has 0 amide bonds. The number of nitrogens with zero attached hydrogens (tertiary/aromatic N) is 1. The van der Waals surface area contributed by atoms with Crippen molar-refractivity contribution >= 4 is 11.8 Å². The number of aryl methyl sites for hydroxylation is 1. The van der Waals surface area contributed by atoms with E-state index in [-0.39, 0.29) is 0 Å². The SMILES string of the molecule is CCCNC(C)c1ccc(SCc2ccccc2C)cn1. The molecule has 1 aromatic carbocycles. The van der Waals surface area contributed by atoms with Crippen molar-refractivity contribution in [3.05, 3.63) is 59.4 Å². The van der Waals surface area contributed by atoms with Gasteiger partial charge in [0.15, 0.2) is 0 Å². The van der Waals surface area contributed by atoms with Crippen molar-refractivity contribution in [3.63, 3.8) is 0 Å². The van der Waals surface area contributed by atoms with E-state index in [0.29, 0.717) is 6.04 Å². The summed E-state index contributed by atoms with van der Waals surface area (Å²) in [5.41, 5.74) is 3.86. The Bertz CT molecular complexity index is 551. The summed E-state index contributed by atoms with van der Waals surface area (Å²) in [6, 6.07) is 13.2. The van der Waals surface area contributed by atoms with Crippen molar-refractivity contribution < 1.29 is 0 Å². The van der Waals surface area contributed by atoms with Gasteiger partial charge in [0.25, 0.3) is 0 Å². The van der Waals surface area contributed by atoms with Crippen molar-refractivity contribution in [1.82, 2.24) is 10.3 Å². The van der Waals surface area contributed by atoms with Crippen LogP contribution in [0.15, 0.2) is 47.5 Å². The van der Waals surface area contributed by atoms with Gasteiger partial charge in [0.2, 0.25) is 0 Å². The van der Waals surface area contributed by atoms with E-state index < -0.39 is 0 Å². The first kappa shape index (κ1) is 16.1. The summed E-state index contributed by atoms with van der Waals surface area (Å²) in [6.45, 7) is 7.54. The third kappa shape index (κ3) is 4.87. The van der Waals surface area contributed by atoms with Crippen LogP contribution in [0.5, 0.6) is 0 Å². The van der Waals surface area contributed by atoms with Gasteiger partial charge in [-0.15, -0.1) is 11.8 Å². The lowest BCUT2D eigenvalue weighted by molar-refractivity contribution is 0.558. The Morgan fingerprint density at radius 3 is 2.67 bits per heavy atom. The van der Waals surface area contributed by atoms with Gasteiger partial charge in [0.05, 0.1) is 5.69 Å². The minimum atomic E-state index is 0.320. The Morgan fingerprint density at radius 1 is 1.19 bits per heavy atom. The molecule has 0 radical (unpaired) electrons. The van der Waals surface area contributed by atoms with Crippen LogP contribution in [-0.4, -0.2) is 11.5 Å². The fraction of sp³-hybridized carbons (Fsp3) is 0.389. The monoisotopic (exact) mass is 300 g/mol. The molecule has 0 saturated heterocycles. The Balaban J connectivity index is 1.92. The van der Waals surface area contributed by atoms with Gasteiger partial charge in [0.1, 0.15) is 0 Å². The summed E-state index contributed by atoms with van der Waals surface area (Å²) in [5.74, 6) is 0.997. The second kappa shape index (κ2) is 8.20. The van der Waals surface area contributed by atoms with Crippen molar-refractivity contribution in [2.45, 2.75) is 43.9 Å². The summed E-state index contributed by atoms with van der Waals surface area (Å²) in [4.78, 5) is 5.81. The predicted octanol–water partition coefficient (Wildman–Crippen LogP) is 4.74. The van der Waals surface area contributed by atoms with Crippen molar-refractivity contribution in [2.24, 2.45) is 0 Å². The predicted molar refractivity (Wildman–Crippen MR) is 91.7 cm³/mol. The molecule has 1 aromatic heterocycles. The molecule has 21 heavy (non-hydrogen) atoms. The molecule has 112 valence electrons. The highest BCUT2D eigenvalue weighted by Crippen LogP contribution is 2.24. The number of nitrogens with one attached hydrogen (secondary N) is 1. The quantitative estimate of drug-likeness (QED) is 0.747. The molecular formula is C18H24N2S. The molecule has 0 fully saturated rings. The van der Waals surface area contributed by atoms with Crippen LogP contribution in [0.1, 0.15) is 43.1 Å². The van der Waals surface area contributed by atoms with Gasteiger partial charge < -0.3 is 5.32 Å². The molecule has 0 saturated carbocycles. The van der Waals surface area contributed by atoms with Crippen molar-refractivity contribution in [1.29, 1.82) is 0 Å². The number of hydrogen-bond acceptors (Lipinski definition) is 3. The first-order valence-corrected chi connectivity index (χ1v) is 8.56. The Kier molecular flexibility index (Phi) is 6.27. The van der Waals surface area contributed by atoms with Gasteiger partial charge >= 0.3 is 0 Å². The molecule has 2 nitrogen and oxygen atoms in total. The summed E-state index contributed by atoms with van der Waals surface area (Å²) >= 11 is 1.84. The smallest absolute Gasteiger partial charge is 0.0571 e. The summed E-state index contributed by atoms with van der Waals surface area (Å²) in [5, 5.41) is 3.46. The van der Waals surface area contributed by atoms with Gasteiger partial charge in [-0.3, -0.25) is 4.98 Å². The van der Waals surface area contributed by atoms with Crippen LogP contribution in [0.25, 0.3) is 0 Å². The fourth-order valence-corrected chi connectivity index (χ4v) is 3.07. The van der Waals surface area contributed by atoms with Gasteiger partial charge in [-0.1, -0.05) is 31.2 Å². The van der Waals surface area contributed by atoms with Gasteiger partial charge in [-0.2, -0.15) is 0 Å². The standard InChI is InChI=1S/C18H24N2S/c1-4-11-19-15(3)18-10-9-17(12-20-18)21-13-16-8-6-5-7-14(16)2/h5-10,12,15,19H,4,11,13H2,1-3H3. The molecule has 1 N–H and O–H groups in total. The lowest BCUT2D eigenvalue weighted by atomic mass is 10.1. The van der Waals surface area contributed by atoms with Crippen LogP contribution in [-0.2, 0) is 5.75 Å². The fourth-order valence-electron chi connectivity index (χ4n) is 2.13. The highest BCUT2D eigenvalue weighted by atomic mass is 32.2. The lowest BCUT2D eigenvalue weighted by Crippen LogP contribution is -2.20. The zero-order valence-corrected chi connectivity index (χ0v) is 13.9. The van der Waals surface area contributed by atoms with Gasteiger partial charge in [-0.25, -0.2) is 0 Å². The van der Waals surface area contributed by atoms with Gasteiger partial charge in [-0.05, 0) is 50.1 Å². The minimum Gasteiger partial charge on any atom is -0.309 e. The number of benzene rings is 1. The molecule has 1 atom stereocenters. The second-order valence-electron chi connectivity index (χ2n) is 5.31. The highest BCUT2D eigenvalue weighted by molar-refractivity contribution is 7.98. The van der Waals surface area contributed by atoms with Gasteiger partial charge in [0, 0.05) is 22.9 Å². The van der Waals surface area contributed by atoms with Crippen LogP contribution in [0.4, 0.5) is 0 Å². The number of pyridine rings is 1. The van der Waals surface area contributed by atoms with Crippen LogP contribution < -0.4 is 5.32 Å². The first-order chi connectivity index (χ1) is 10.2. The van der Waals surface area contributed by atoms with Crippen LogP contribution in [0.2, 0.25) is 0 Å². The third-order valence-electron chi connectivity index (χ3n) is 3.56. The molecule has 1 heterocycles. The molecule has 0 aliphatic rings. The largest absolute Gasteiger partial charge is 0.309 e. The van der Waals surface area contributed by atoms with Crippen LogP contribution in [0.3, 0.4) is 0 Å². The molecular weight excluding hydrogens is 276 g/mol. The Labute approximate surface area is 132 Å². The van der Waals surface area contributed by atoms with Crippen molar-refractivity contribution in [2.75, 3.05) is 6.54 Å². The normalized spacial score (nSPS) is 12.3. The van der Waals surface area contributed by atoms with E-state index in [9.17, 15) is 0 Å². The van der Waals surface area contributed by atoms with E-state index in [2.05, 4.69) is 67.5 Å². The lowest BCUT2D eigenvalue weighted by Gasteiger charge is -2.13. The number of hydrogen-bond donors (Lipinski definition) is 1. The summed E-state index contributed by atoms with van der Waals surface area (Å²) in [6.07, 6.45) is 3.14. The Morgan fingerprint density at radius 2 is 2.00 bits per heavy atom. The molecule has 0 spiro atoms. The van der Waals surface area contributed by atoms with E-state index >= 15 is 0 Å². The molecule has 2 rings (SSSR count).